The Morgan fingerprint density at radius 1 is 1.46 bits per heavy atom. The molecule has 1 aromatic rings. The average Bonchev–Trinajstić information content (AvgIpc) is 2.15. The fourth-order valence-corrected chi connectivity index (χ4v) is 0.632. The summed E-state index contributed by atoms with van der Waals surface area (Å²) in [5, 5.41) is 8.23. The molecule has 1 rings (SSSR count). The van der Waals surface area contributed by atoms with Gasteiger partial charge in [0, 0.05) is 6.20 Å². The highest BCUT2D eigenvalue weighted by Crippen LogP contribution is 1.94. The number of rotatable bonds is 3. The summed E-state index contributed by atoms with van der Waals surface area (Å²) in [7, 11) is 0. The topological polar surface area (TPSA) is 80.1 Å². The highest BCUT2D eigenvalue weighted by molar-refractivity contribution is 6.38. The second-order valence-electron chi connectivity index (χ2n) is 2.14. The van der Waals surface area contributed by atoms with Gasteiger partial charge in [0.05, 0.1) is 5.69 Å². The maximum atomic E-state index is 10.6. The summed E-state index contributed by atoms with van der Waals surface area (Å²) in [6.07, 6.45) is 5.08. The lowest BCUT2D eigenvalue weighted by Crippen LogP contribution is -2.08. The molecule has 0 aliphatic heterocycles. The van der Waals surface area contributed by atoms with E-state index in [0.29, 0.717) is 5.69 Å². The van der Waals surface area contributed by atoms with Gasteiger partial charge in [-0.05, 0) is 18.2 Å². The number of hydrogen-bond acceptors (Lipinski definition) is 4. The first kappa shape index (κ1) is 9.05. The van der Waals surface area contributed by atoms with E-state index in [1.165, 1.54) is 18.6 Å². The van der Waals surface area contributed by atoms with E-state index in [4.69, 9.17) is 5.11 Å². The van der Waals surface area contributed by atoms with E-state index in [0.717, 1.165) is 6.08 Å². The van der Waals surface area contributed by atoms with Crippen LogP contribution in [-0.2, 0) is 9.59 Å². The molecule has 0 aromatic carbocycles. The van der Waals surface area contributed by atoms with Crippen LogP contribution in [0, 0.1) is 0 Å². The first-order valence-electron chi connectivity index (χ1n) is 3.41. The van der Waals surface area contributed by atoms with Crippen LogP contribution >= 0.6 is 0 Å². The largest absolute Gasteiger partial charge is 0.475 e. The Balaban J connectivity index is 2.70. The number of aromatic nitrogens is 2. The molecule has 1 N–H and O–H groups in total. The van der Waals surface area contributed by atoms with E-state index in [2.05, 4.69) is 9.97 Å². The van der Waals surface area contributed by atoms with Crippen LogP contribution in [0.3, 0.4) is 0 Å². The molecule has 0 saturated heterocycles. The molecule has 0 amide bonds. The van der Waals surface area contributed by atoms with Gasteiger partial charge in [0.25, 0.3) is 5.78 Å². The summed E-state index contributed by atoms with van der Waals surface area (Å²) in [5.41, 5.74) is 0.490. The van der Waals surface area contributed by atoms with Crippen molar-refractivity contribution < 1.29 is 14.7 Å². The highest BCUT2D eigenvalue weighted by Gasteiger charge is 2.05. The van der Waals surface area contributed by atoms with Crippen LogP contribution in [0.2, 0.25) is 0 Å². The minimum absolute atomic E-state index is 0.490. The van der Waals surface area contributed by atoms with E-state index in [9.17, 15) is 9.59 Å². The number of carbonyl (C=O) groups is 2. The van der Waals surface area contributed by atoms with Crippen molar-refractivity contribution in [3.8, 4) is 0 Å². The SMILES string of the molecule is O=C(O)C(=O)/C=C/c1ccncn1. The Bertz CT molecular complexity index is 346. The predicted molar refractivity (Wildman–Crippen MR) is 43.7 cm³/mol. The van der Waals surface area contributed by atoms with Gasteiger partial charge in [-0.25, -0.2) is 14.8 Å². The van der Waals surface area contributed by atoms with Gasteiger partial charge in [-0.2, -0.15) is 0 Å². The van der Waals surface area contributed by atoms with Crippen molar-refractivity contribution in [3.05, 3.63) is 30.4 Å². The normalized spacial score (nSPS) is 10.2. The van der Waals surface area contributed by atoms with Gasteiger partial charge in [-0.15, -0.1) is 0 Å². The van der Waals surface area contributed by atoms with Crippen LogP contribution in [0.25, 0.3) is 6.08 Å². The van der Waals surface area contributed by atoms with Crippen LogP contribution in [-0.4, -0.2) is 26.8 Å². The molecule has 66 valence electrons. The summed E-state index contributed by atoms with van der Waals surface area (Å²) >= 11 is 0. The quantitative estimate of drug-likeness (QED) is 0.526. The number of ketones is 1. The van der Waals surface area contributed by atoms with Gasteiger partial charge < -0.3 is 5.11 Å². The van der Waals surface area contributed by atoms with Gasteiger partial charge >= 0.3 is 5.97 Å². The maximum Gasteiger partial charge on any atom is 0.376 e. The summed E-state index contributed by atoms with van der Waals surface area (Å²) in [6.45, 7) is 0. The zero-order chi connectivity index (χ0) is 9.68. The van der Waals surface area contributed by atoms with Crippen molar-refractivity contribution in [1.82, 2.24) is 9.97 Å². The van der Waals surface area contributed by atoms with Gasteiger partial charge in [-0.3, -0.25) is 4.79 Å². The molecule has 0 atom stereocenters. The minimum atomic E-state index is -1.48. The Hall–Kier alpha value is -2.04. The molecule has 0 bridgehead atoms. The third kappa shape index (κ3) is 2.82. The molecule has 1 aromatic heterocycles. The Morgan fingerprint density at radius 3 is 2.77 bits per heavy atom. The summed E-state index contributed by atoms with van der Waals surface area (Å²) in [6, 6.07) is 1.56. The number of carboxylic acids is 1. The molecule has 0 spiro atoms. The lowest BCUT2D eigenvalue weighted by Gasteiger charge is -1.87. The molecule has 0 unspecified atom stereocenters. The van der Waals surface area contributed by atoms with Crippen LogP contribution in [0.4, 0.5) is 0 Å². The zero-order valence-electron chi connectivity index (χ0n) is 6.54. The maximum absolute atomic E-state index is 10.6. The zero-order valence-corrected chi connectivity index (χ0v) is 6.54. The molecule has 0 aliphatic rings. The first-order valence-corrected chi connectivity index (χ1v) is 3.41. The Morgan fingerprint density at radius 2 is 2.23 bits per heavy atom. The first-order chi connectivity index (χ1) is 6.20. The van der Waals surface area contributed by atoms with Gasteiger partial charge in [0.15, 0.2) is 0 Å². The lowest BCUT2D eigenvalue weighted by molar-refractivity contribution is -0.146. The molecule has 0 saturated carbocycles. The number of carboxylic acid groups (broad SMARTS) is 1. The molecular weight excluding hydrogens is 172 g/mol. The minimum Gasteiger partial charge on any atom is -0.475 e. The Labute approximate surface area is 73.8 Å². The van der Waals surface area contributed by atoms with Crippen molar-refractivity contribution in [2.75, 3.05) is 0 Å². The number of carbonyl (C=O) groups excluding carboxylic acids is 1. The predicted octanol–water partition coefficient (Wildman–Crippen LogP) is 0.144. The lowest BCUT2D eigenvalue weighted by atomic mass is 10.3. The van der Waals surface area contributed by atoms with E-state index in [1.54, 1.807) is 6.07 Å². The standard InChI is InChI=1S/C8H6N2O3/c11-7(8(12)13)2-1-6-3-4-9-5-10-6/h1-5H,(H,12,13)/b2-1+. The van der Waals surface area contributed by atoms with Gasteiger partial charge in [0.2, 0.25) is 0 Å². The van der Waals surface area contributed by atoms with E-state index < -0.39 is 11.8 Å². The second kappa shape index (κ2) is 4.10. The molecule has 0 radical (unpaired) electrons. The van der Waals surface area contributed by atoms with Crippen molar-refractivity contribution in [2.24, 2.45) is 0 Å². The molecule has 5 heteroatoms. The molecule has 1 heterocycles. The molecular formula is C8H6N2O3. The average molecular weight is 178 g/mol. The molecule has 0 aliphatic carbocycles. The third-order valence-electron chi connectivity index (χ3n) is 1.22. The fraction of sp³-hybridized carbons (Fsp3) is 0. The smallest absolute Gasteiger partial charge is 0.376 e. The Kier molecular flexibility index (Phi) is 2.86. The number of aliphatic carboxylic acids is 1. The molecule has 5 nitrogen and oxygen atoms in total. The van der Waals surface area contributed by atoms with Crippen LogP contribution in [0.1, 0.15) is 5.69 Å². The third-order valence-corrected chi connectivity index (χ3v) is 1.22. The second-order valence-corrected chi connectivity index (χ2v) is 2.14. The van der Waals surface area contributed by atoms with Crippen molar-refractivity contribution >= 4 is 17.8 Å². The van der Waals surface area contributed by atoms with Crippen molar-refractivity contribution in [2.45, 2.75) is 0 Å². The molecule has 13 heavy (non-hydrogen) atoms. The van der Waals surface area contributed by atoms with Crippen LogP contribution in [0.5, 0.6) is 0 Å². The highest BCUT2D eigenvalue weighted by atomic mass is 16.4. The van der Waals surface area contributed by atoms with Crippen molar-refractivity contribution in [1.29, 1.82) is 0 Å². The van der Waals surface area contributed by atoms with Gasteiger partial charge in [-0.1, -0.05) is 0 Å². The fourth-order valence-electron chi connectivity index (χ4n) is 0.632. The van der Waals surface area contributed by atoms with Crippen LogP contribution in [0.15, 0.2) is 24.7 Å². The summed E-state index contributed by atoms with van der Waals surface area (Å²) < 4.78 is 0. The summed E-state index contributed by atoms with van der Waals surface area (Å²) in [5.74, 6) is -2.45. The van der Waals surface area contributed by atoms with Gasteiger partial charge in [0.1, 0.15) is 6.33 Å². The molecule has 0 fully saturated rings. The summed E-state index contributed by atoms with van der Waals surface area (Å²) in [4.78, 5) is 28.1. The van der Waals surface area contributed by atoms with E-state index in [1.807, 2.05) is 0 Å². The van der Waals surface area contributed by atoms with E-state index in [-0.39, 0.29) is 0 Å². The number of nitrogens with zero attached hydrogens (tertiary/aromatic N) is 2. The van der Waals surface area contributed by atoms with Crippen LogP contribution < -0.4 is 0 Å². The number of hydrogen-bond donors (Lipinski definition) is 1. The monoisotopic (exact) mass is 178 g/mol. The van der Waals surface area contributed by atoms with E-state index >= 15 is 0 Å². The van der Waals surface area contributed by atoms with Crippen molar-refractivity contribution in [3.63, 3.8) is 0 Å².